The highest BCUT2D eigenvalue weighted by Crippen LogP contribution is 2.16. The maximum atomic E-state index is 4.46. The molecule has 0 saturated carbocycles. The van der Waals surface area contributed by atoms with Crippen molar-refractivity contribution in [2.45, 2.75) is 19.6 Å². The molecule has 0 aliphatic carbocycles. The van der Waals surface area contributed by atoms with Gasteiger partial charge in [-0.05, 0) is 22.8 Å². The minimum atomic E-state index is 0. The molecule has 3 N–H and O–H groups in total. The highest BCUT2D eigenvalue weighted by atomic mass is 127. The van der Waals surface area contributed by atoms with Gasteiger partial charge >= 0.3 is 0 Å². The van der Waals surface area contributed by atoms with Crippen LogP contribution < -0.4 is 10.6 Å². The molecule has 8 heteroatoms. The number of aromatic nitrogens is 4. The Kier molecular flexibility index (Phi) is 8.22. The van der Waals surface area contributed by atoms with Crippen LogP contribution in [0.25, 0.3) is 11.3 Å². The van der Waals surface area contributed by atoms with E-state index in [0.29, 0.717) is 13.1 Å². The van der Waals surface area contributed by atoms with Crippen molar-refractivity contribution in [1.29, 1.82) is 0 Å². The number of H-pyrrole nitrogens is 1. The second kappa shape index (κ2) is 11.3. The third-order valence-corrected chi connectivity index (χ3v) is 4.82. The molecule has 0 amide bonds. The van der Waals surface area contributed by atoms with Gasteiger partial charge in [0.25, 0.3) is 0 Å². The highest BCUT2D eigenvalue weighted by molar-refractivity contribution is 14.0. The van der Waals surface area contributed by atoms with E-state index in [4.69, 9.17) is 0 Å². The molecule has 0 atom stereocenters. The second-order valence-electron chi connectivity index (χ2n) is 6.86. The summed E-state index contributed by atoms with van der Waals surface area (Å²) in [6.07, 6.45) is 5.62. The Bertz CT molecular complexity index is 1090. The van der Waals surface area contributed by atoms with E-state index in [1.165, 1.54) is 11.1 Å². The summed E-state index contributed by atoms with van der Waals surface area (Å²) in [7, 11) is 1.77. The maximum Gasteiger partial charge on any atom is 0.191 e. The molecule has 160 valence electrons. The fourth-order valence-corrected chi connectivity index (χ4v) is 3.24. The Balaban J connectivity index is 0.00000272. The maximum absolute atomic E-state index is 4.46. The lowest BCUT2D eigenvalue weighted by molar-refractivity contribution is 0.677. The van der Waals surface area contributed by atoms with E-state index in [2.05, 4.69) is 61.0 Å². The van der Waals surface area contributed by atoms with Crippen molar-refractivity contribution in [3.05, 3.63) is 96.2 Å². The molecule has 0 aliphatic heterocycles. The van der Waals surface area contributed by atoms with Crippen LogP contribution in [0.4, 0.5) is 0 Å². The Labute approximate surface area is 199 Å². The summed E-state index contributed by atoms with van der Waals surface area (Å²) in [6, 6.07) is 20.5. The van der Waals surface area contributed by atoms with Gasteiger partial charge in [-0.15, -0.1) is 24.0 Å². The molecule has 7 nitrogen and oxygen atoms in total. The van der Waals surface area contributed by atoms with Crippen LogP contribution >= 0.6 is 24.0 Å². The summed E-state index contributed by atoms with van der Waals surface area (Å²) in [6.45, 7) is 1.97. The summed E-state index contributed by atoms with van der Waals surface area (Å²) in [5.74, 6) is 1.58. The average Bonchev–Trinajstić information content (AvgIpc) is 3.48. The highest BCUT2D eigenvalue weighted by Gasteiger charge is 2.06. The lowest BCUT2D eigenvalue weighted by atomic mass is 10.1. The van der Waals surface area contributed by atoms with Crippen LogP contribution in [-0.2, 0) is 19.6 Å². The van der Waals surface area contributed by atoms with E-state index in [0.717, 1.165) is 29.6 Å². The van der Waals surface area contributed by atoms with Crippen LogP contribution in [0.1, 0.15) is 17.0 Å². The SMILES string of the molecule is CN=C(NCc1ncc(-c2ccccc2)[nH]1)NCc1ccccc1Cn1cccn1.I. The van der Waals surface area contributed by atoms with Crippen molar-refractivity contribution in [3.63, 3.8) is 0 Å². The Morgan fingerprint density at radius 3 is 2.45 bits per heavy atom. The van der Waals surface area contributed by atoms with Crippen molar-refractivity contribution < 1.29 is 0 Å². The van der Waals surface area contributed by atoms with Crippen molar-refractivity contribution in [3.8, 4) is 11.3 Å². The first kappa shape index (κ1) is 22.5. The minimum Gasteiger partial charge on any atom is -0.352 e. The van der Waals surface area contributed by atoms with Gasteiger partial charge in [-0.1, -0.05) is 54.6 Å². The van der Waals surface area contributed by atoms with E-state index in [1.54, 1.807) is 13.2 Å². The van der Waals surface area contributed by atoms with Crippen molar-refractivity contribution in [2.75, 3.05) is 7.05 Å². The number of aromatic amines is 1. The van der Waals surface area contributed by atoms with Crippen molar-refractivity contribution in [2.24, 2.45) is 4.99 Å². The van der Waals surface area contributed by atoms with Gasteiger partial charge in [-0.3, -0.25) is 9.67 Å². The normalized spacial score (nSPS) is 11.1. The molecule has 2 aromatic heterocycles. The molecule has 4 aromatic rings. The number of hydrogen-bond donors (Lipinski definition) is 3. The number of aliphatic imine (C=N–C) groups is 1. The molecular weight excluding hydrogens is 501 g/mol. The average molecular weight is 527 g/mol. The summed E-state index contributed by atoms with van der Waals surface area (Å²) in [5, 5.41) is 11.0. The second-order valence-corrected chi connectivity index (χ2v) is 6.86. The zero-order valence-electron chi connectivity index (χ0n) is 17.3. The molecule has 0 spiro atoms. The number of nitrogens with zero attached hydrogens (tertiary/aromatic N) is 4. The fourth-order valence-electron chi connectivity index (χ4n) is 3.24. The number of hydrogen-bond acceptors (Lipinski definition) is 3. The van der Waals surface area contributed by atoms with Gasteiger partial charge < -0.3 is 15.6 Å². The van der Waals surface area contributed by atoms with Gasteiger partial charge in [0.2, 0.25) is 0 Å². The Morgan fingerprint density at radius 1 is 0.968 bits per heavy atom. The summed E-state index contributed by atoms with van der Waals surface area (Å²) < 4.78 is 1.92. The quantitative estimate of drug-likeness (QED) is 0.194. The predicted molar refractivity (Wildman–Crippen MR) is 134 cm³/mol. The molecule has 0 saturated heterocycles. The van der Waals surface area contributed by atoms with Gasteiger partial charge in [0.05, 0.1) is 25.0 Å². The number of halogens is 1. The zero-order valence-corrected chi connectivity index (χ0v) is 19.7. The van der Waals surface area contributed by atoms with Gasteiger partial charge in [0, 0.05) is 26.0 Å². The number of nitrogens with one attached hydrogen (secondary N) is 3. The van der Waals surface area contributed by atoms with Gasteiger partial charge in [-0.25, -0.2) is 4.98 Å². The molecule has 0 unspecified atom stereocenters. The van der Waals surface area contributed by atoms with Gasteiger partial charge in [0.1, 0.15) is 5.82 Å². The summed E-state index contributed by atoms with van der Waals surface area (Å²) in [5.41, 5.74) is 4.55. The number of imidazole rings is 1. The molecule has 2 aromatic carbocycles. The van der Waals surface area contributed by atoms with E-state index < -0.39 is 0 Å². The lowest BCUT2D eigenvalue weighted by Gasteiger charge is -2.14. The fraction of sp³-hybridized carbons (Fsp3) is 0.174. The van der Waals surface area contributed by atoms with Crippen LogP contribution in [0, 0.1) is 0 Å². The van der Waals surface area contributed by atoms with Gasteiger partial charge in [0.15, 0.2) is 5.96 Å². The Hall–Kier alpha value is -3.14. The van der Waals surface area contributed by atoms with Crippen LogP contribution in [0.3, 0.4) is 0 Å². The number of guanidine groups is 1. The van der Waals surface area contributed by atoms with E-state index in [9.17, 15) is 0 Å². The van der Waals surface area contributed by atoms with Crippen LogP contribution in [0.2, 0.25) is 0 Å². The largest absolute Gasteiger partial charge is 0.352 e. The van der Waals surface area contributed by atoms with Crippen LogP contribution in [-0.4, -0.2) is 32.8 Å². The molecule has 4 rings (SSSR count). The first-order valence-electron chi connectivity index (χ1n) is 9.90. The third kappa shape index (κ3) is 6.17. The Morgan fingerprint density at radius 2 is 1.71 bits per heavy atom. The third-order valence-electron chi connectivity index (χ3n) is 4.82. The van der Waals surface area contributed by atoms with E-state index in [1.807, 2.05) is 47.4 Å². The molecule has 0 radical (unpaired) electrons. The molecular formula is C23H26IN7. The lowest BCUT2D eigenvalue weighted by Crippen LogP contribution is -2.36. The minimum absolute atomic E-state index is 0. The smallest absolute Gasteiger partial charge is 0.191 e. The zero-order chi connectivity index (χ0) is 20.6. The van der Waals surface area contributed by atoms with Crippen molar-refractivity contribution in [1.82, 2.24) is 30.4 Å². The van der Waals surface area contributed by atoms with Crippen molar-refractivity contribution >= 4 is 29.9 Å². The summed E-state index contributed by atoms with van der Waals surface area (Å²) >= 11 is 0. The molecule has 0 fully saturated rings. The van der Waals surface area contributed by atoms with E-state index in [-0.39, 0.29) is 24.0 Å². The van der Waals surface area contributed by atoms with Crippen LogP contribution in [0.5, 0.6) is 0 Å². The molecule has 0 bridgehead atoms. The molecule has 31 heavy (non-hydrogen) atoms. The van der Waals surface area contributed by atoms with Crippen LogP contribution in [0.15, 0.2) is 84.2 Å². The molecule has 0 aliphatic rings. The first-order chi connectivity index (χ1) is 14.8. The predicted octanol–water partition coefficient (Wildman–Crippen LogP) is 3.80. The molecule has 2 heterocycles. The summed E-state index contributed by atoms with van der Waals surface area (Å²) in [4.78, 5) is 12.1. The monoisotopic (exact) mass is 527 g/mol. The topological polar surface area (TPSA) is 82.9 Å². The van der Waals surface area contributed by atoms with Gasteiger partial charge in [-0.2, -0.15) is 5.10 Å². The first-order valence-corrected chi connectivity index (χ1v) is 9.90. The number of rotatable bonds is 7. The van der Waals surface area contributed by atoms with E-state index >= 15 is 0 Å². The number of benzene rings is 2. The standard InChI is InChI=1S/C23H25N7.HI/c1-24-23(27-16-22-25-15-21(29-22)18-8-3-2-4-9-18)26-14-19-10-5-6-11-20(19)17-30-13-7-12-28-30;/h2-13,15H,14,16-17H2,1H3,(H,25,29)(H2,24,26,27);1H.